The lowest BCUT2D eigenvalue weighted by Gasteiger charge is -2.19. The molecular formula is C21H29FN4O4S. The van der Waals surface area contributed by atoms with E-state index in [9.17, 15) is 17.6 Å². The van der Waals surface area contributed by atoms with Crippen molar-refractivity contribution in [2.75, 3.05) is 24.2 Å². The van der Waals surface area contributed by atoms with Gasteiger partial charge in [0.25, 0.3) is 5.91 Å². The number of sulfonamides is 1. The van der Waals surface area contributed by atoms with Crippen LogP contribution >= 0.6 is 0 Å². The van der Waals surface area contributed by atoms with Crippen molar-refractivity contribution in [3.8, 4) is 0 Å². The largest absolute Gasteiger partial charge is 0.388 e. The first kappa shape index (κ1) is 24.6. The molecule has 0 radical (unpaired) electrons. The first-order valence-electron chi connectivity index (χ1n) is 9.92. The smallest absolute Gasteiger partial charge is 0.265 e. The number of hydrogen-bond donors (Lipinski definition) is 5. The Morgan fingerprint density at radius 2 is 1.77 bits per heavy atom. The third kappa shape index (κ3) is 6.91. The number of rotatable bonds is 11. The second-order valence-electron chi connectivity index (χ2n) is 7.27. The van der Waals surface area contributed by atoms with Crippen LogP contribution < -0.4 is 20.8 Å². The maximum atomic E-state index is 13.8. The van der Waals surface area contributed by atoms with Gasteiger partial charge in [0.05, 0.1) is 4.90 Å². The molecule has 2 aromatic carbocycles. The summed E-state index contributed by atoms with van der Waals surface area (Å²) in [5.74, 6) is -0.926. The van der Waals surface area contributed by atoms with Crippen LogP contribution in [-0.4, -0.2) is 39.2 Å². The summed E-state index contributed by atoms with van der Waals surface area (Å²) in [7, 11) is -1.93. The minimum absolute atomic E-state index is 0.167. The van der Waals surface area contributed by atoms with E-state index in [1.807, 2.05) is 0 Å². The fourth-order valence-corrected chi connectivity index (χ4v) is 4.28. The highest BCUT2D eigenvalue weighted by atomic mass is 32.2. The van der Waals surface area contributed by atoms with E-state index in [2.05, 4.69) is 15.4 Å². The van der Waals surface area contributed by atoms with Crippen molar-refractivity contribution >= 4 is 27.3 Å². The lowest BCUT2D eigenvalue weighted by atomic mass is 10.1. The van der Waals surface area contributed by atoms with E-state index in [1.165, 1.54) is 6.07 Å². The zero-order valence-corrected chi connectivity index (χ0v) is 18.6. The predicted octanol–water partition coefficient (Wildman–Crippen LogP) is 2.92. The summed E-state index contributed by atoms with van der Waals surface area (Å²) in [6, 6.07) is 8.91. The molecular weight excluding hydrogens is 423 g/mol. The molecule has 31 heavy (non-hydrogen) atoms. The van der Waals surface area contributed by atoms with Gasteiger partial charge in [-0.3, -0.25) is 10.0 Å². The Morgan fingerprint density at radius 1 is 1.10 bits per heavy atom. The SMILES string of the molecule is CNc1cccc(S(=O)(=O)NCCCC[C@@H](Nc2cc(C)c(F)c(C)c2)C(=O)NO)c1. The minimum atomic E-state index is -3.64. The maximum absolute atomic E-state index is 13.8. The normalized spacial score (nSPS) is 12.3. The molecule has 5 N–H and O–H groups in total. The van der Waals surface area contributed by atoms with Crippen molar-refractivity contribution in [2.24, 2.45) is 0 Å². The van der Waals surface area contributed by atoms with E-state index >= 15 is 0 Å². The number of amides is 1. The van der Waals surface area contributed by atoms with Gasteiger partial charge in [-0.05, 0) is 74.6 Å². The summed E-state index contributed by atoms with van der Waals surface area (Å²) < 4.78 is 41.2. The van der Waals surface area contributed by atoms with Gasteiger partial charge in [-0.15, -0.1) is 0 Å². The highest BCUT2D eigenvalue weighted by Crippen LogP contribution is 2.20. The van der Waals surface area contributed by atoms with Crippen molar-refractivity contribution in [1.29, 1.82) is 0 Å². The zero-order valence-electron chi connectivity index (χ0n) is 17.8. The van der Waals surface area contributed by atoms with E-state index < -0.39 is 22.0 Å². The number of anilines is 2. The van der Waals surface area contributed by atoms with Gasteiger partial charge in [-0.25, -0.2) is 23.0 Å². The number of aryl methyl sites for hydroxylation is 2. The molecule has 0 saturated heterocycles. The highest BCUT2D eigenvalue weighted by molar-refractivity contribution is 7.89. The van der Waals surface area contributed by atoms with Crippen molar-refractivity contribution in [1.82, 2.24) is 10.2 Å². The summed E-state index contributed by atoms with van der Waals surface area (Å²) >= 11 is 0. The van der Waals surface area contributed by atoms with Crippen LogP contribution in [0.15, 0.2) is 41.3 Å². The molecule has 0 saturated carbocycles. The van der Waals surface area contributed by atoms with Crippen LogP contribution in [0.4, 0.5) is 15.8 Å². The van der Waals surface area contributed by atoms with E-state index in [0.717, 1.165) is 0 Å². The van der Waals surface area contributed by atoms with E-state index in [4.69, 9.17) is 5.21 Å². The number of carbonyl (C=O) groups excluding carboxylic acids is 1. The summed E-state index contributed by atoms with van der Waals surface area (Å²) in [5, 5.41) is 14.9. The van der Waals surface area contributed by atoms with Crippen LogP contribution in [-0.2, 0) is 14.8 Å². The number of halogens is 1. The number of hydroxylamine groups is 1. The first-order chi connectivity index (χ1) is 14.7. The Hall–Kier alpha value is -2.69. The van der Waals surface area contributed by atoms with Gasteiger partial charge in [-0.2, -0.15) is 0 Å². The zero-order chi connectivity index (χ0) is 23.0. The molecule has 1 atom stereocenters. The predicted molar refractivity (Wildman–Crippen MR) is 118 cm³/mol. The number of hydrogen-bond acceptors (Lipinski definition) is 6. The number of unbranched alkanes of at least 4 members (excludes halogenated alkanes) is 1. The third-order valence-corrected chi connectivity index (χ3v) is 6.31. The molecule has 0 bridgehead atoms. The van der Waals surface area contributed by atoms with Crippen LogP contribution in [0.5, 0.6) is 0 Å². The average Bonchev–Trinajstić information content (AvgIpc) is 2.75. The maximum Gasteiger partial charge on any atom is 0.265 e. The molecule has 0 spiro atoms. The van der Waals surface area contributed by atoms with Crippen LogP contribution in [0.2, 0.25) is 0 Å². The van der Waals surface area contributed by atoms with Crippen LogP contribution in [0, 0.1) is 19.7 Å². The van der Waals surface area contributed by atoms with Gasteiger partial charge in [0.15, 0.2) is 0 Å². The van der Waals surface area contributed by atoms with Crippen molar-refractivity contribution < 1.29 is 22.8 Å². The van der Waals surface area contributed by atoms with Crippen LogP contribution in [0.3, 0.4) is 0 Å². The molecule has 8 nitrogen and oxygen atoms in total. The second kappa shape index (κ2) is 11.1. The number of benzene rings is 2. The Balaban J connectivity index is 1.91. The average molecular weight is 453 g/mol. The molecule has 0 fully saturated rings. The quantitative estimate of drug-likeness (QED) is 0.203. The Morgan fingerprint density at radius 3 is 2.39 bits per heavy atom. The molecule has 0 unspecified atom stereocenters. The molecule has 2 rings (SSSR count). The van der Waals surface area contributed by atoms with E-state index in [1.54, 1.807) is 56.7 Å². The summed E-state index contributed by atoms with van der Waals surface area (Å²) in [6.07, 6.45) is 1.35. The fourth-order valence-electron chi connectivity index (χ4n) is 3.16. The standard InChI is InChI=1S/C21H29FN4O4S/c1-14-11-17(12-15(2)20(14)22)25-19(21(27)26-28)9-4-5-10-24-31(29,30)18-8-6-7-16(13-18)23-3/h6-8,11-13,19,23-25,28H,4-5,9-10H2,1-3H3,(H,26,27)/t19-/m1/s1. The highest BCUT2D eigenvalue weighted by Gasteiger charge is 2.19. The molecule has 1 amide bonds. The van der Waals surface area contributed by atoms with Gasteiger partial charge in [0.2, 0.25) is 10.0 Å². The Labute approximate surface area is 182 Å². The number of nitrogens with one attached hydrogen (secondary N) is 4. The minimum Gasteiger partial charge on any atom is -0.388 e. The van der Waals surface area contributed by atoms with Crippen LogP contribution in [0.1, 0.15) is 30.4 Å². The Bertz CT molecular complexity index is 991. The number of carbonyl (C=O) groups is 1. The molecule has 0 heterocycles. The Kier molecular flexibility index (Phi) is 8.78. The first-order valence-corrected chi connectivity index (χ1v) is 11.4. The molecule has 170 valence electrons. The van der Waals surface area contributed by atoms with Crippen molar-refractivity contribution in [3.05, 3.63) is 53.3 Å². The molecule has 0 aliphatic rings. The van der Waals surface area contributed by atoms with Gasteiger partial charge in [0, 0.05) is 25.0 Å². The third-order valence-electron chi connectivity index (χ3n) is 4.85. The van der Waals surface area contributed by atoms with Gasteiger partial charge < -0.3 is 10.6 Å². The van der Waals surface area contributed by atoms with Gasteiger partial charge >= 0.3 is 0 Å². The summed E-state index contributed by atoms with van der Waals surface area (Å²) in [5.41, 5.74) is 3.78. The van der Waals surface area contributed by atoms with Crippen molar-refractivity contribution in [2.45, 2.75) is 44.0 Å². The topological polar surface area (TPSA) is 120 Å². The van der Waals surface area contributed by atoms with Crippen molar-refractivity contribution in [3.63, 3.8) is 0 Å². The van der Waals surface area contributed by atoms with E-state index in [-0.39, 0.29) is 17.3 Å². The van der Waals surface area contributed by atoms with E-state index in [0.29, 0.717) is 41.8 Å². The molecule has 10 heteroatoms. The fraction of sp³-hybridized carbons (Fsp3) is 0.381. The molecule has 0 aliphatic heterocycles. The molecule has 0 aliphatic carbocycles. The van der Waals surface area contributed by atoms with Crippen LogP contribution in [0.25, 0.3) is 0 Å². The summed E-state index contributed by atoms with van der Waals surface area (Å²) in [4.78, 5) is 12.2. The van der Waals surface area contributed by atoms with Gasteiger partial charge in [-0.1, -0.05) is 6.07 Å². The lowest BCUT2D eigenvalue weighted by Crippen LogP contribution is -2.38. The molecule has 2 aromatic rings. The van der Waals surface area contributed by atoms with Gasteiger partial charge in [0.1, 0.15) is 11.9 Å². The monoisotopic (exact) mass is 452 g/mol. The molecule has 0 aromatic heterocycles. The second-order valence-corrected chi connectivity index (χ2v) is 9.04. The lowest BCUT2D eigenvalue weighted by molar-refractivity contribution is -0.130. The summed E-state index contributed by atoms with van der Waals surface area (Å²) in [6.45, 7) is 3.47.